The molecule has 0 atom stereocenters. The van der Waals surface area contributed by atoms with Crippen LogP contribution in [0, 0.1) is 5.82 Å². The summed E-state index contributed by atoms with van der Waals surface area (Å²) in [7, 11) is 0. The van der Waals surface area contributed by atoms with E-state index in [2.05, 4.69) is 32.3 Å². The van der Waals surface area contributed by atoms with Crippen LogP contribution in [0.2, 0.25) is 0 Å². The third-order valence-corrected chi connectivity index (χ3v) is 6.82. The number of carbonyl (C=O) groups is 1. The van der Waals surface area contributed by atoms with Crippen molar-refractivity contribution in [1.29, 1.82) is 0 Å². The number of benzene rings is 2. The van der Waals surface area contributed by atoms with Crippen molar-refractivity contribution in [2.75, 3.05) is 79.5 Å². The third kappa shape index (κ3) is 7.18. The zero-order valence-corrected chi connectivity index (χ0v) is 22.3. The summed E-state index contributed by atoms with van der Waals surface area (Å²) in [6.45, 7) is 9.93. The molecule has 0 aliphatic carbocycles. The molecule has 0 saturated carbocycles. The van der Waals surface area contributed by atoms with Crippen molar-refractivity contribution in [1.82, 2.24) is 19.9 Å². The highest BCUT2D eigenvalue weighted by Crippen LogP contribution is 2.24. The Morgan fingerprint density at radius 2 is 1.44 bits per heavy atom. The van der Waals surface area contributed by atoms with E-state index >= 15 is 0 Å². The molecule has 10 nitrogen and oxygen atoms in total. The molecule has 206 valence electrons. The predicted octanol–water partition coefficient (Wildman–Crippen LogP) is 4.08. The van der Waals surface area contributed by atoms with Crippen molar-refractivity contribution in [3.8, 4) is 11.4 Å². The highest BCUT2D eigenvalue weighted by Gasteiger charge is 2.22. The van der Waals surface area contributed by atoms with Gasteiger partial charge < -0.3 is 30.1 Å². The molecule has 2 fully saturated rings. The second kappa shape index (κ2) is 12.8. The number of nitrogens with zero attached hydrogens (tertiary/aromatic N) is 6. The Morgan fingerprint density at radius 1 is 0.821 bits per heavy atom. The van der Waals surface area contributed by atoms with Crippen LogP contribution in [-0.2, 0) is 4.74 Å². The van der Waals surface area contributed by atoms with E-state index in [0.29, 0.717) is 42.3 Å². The SMILES string of the molecule is CCCN1CCCN(c2nc(-c3ccc(NC(=O)Nc4ccc(F)cc4)cc3)nc(N3CCOCC3)n2)CC1. The number of hydrogen-bond donors (Lipinski definition) is 2. The molecule has 0 bridgehead atoms. The molecular formula is C28H35FN8O2. The number of amides is 2. The molecule has 0 spiro atoms. The van der Waals surface area contributed by atoms with Gasteiger partial charge in [-0.3, -0.25) is 0 Å². The van der Waals surface area contributed by atoms with Crippen LogP contribution in [0.15, 0.2) is 48.5 Å². The van der Waals surface area contributed by atoms with Gasteiger partial charge in [-0.05, 0) is 74.5 Å². The summed E-state index contributed by atoms with van der Waals surface area (Å²) in [5.74, 6) is 1.59. The lowest BCUT2D eigenvalue weighted by molar-refractivity contribution is 0.122. The van der Waals surface area contributed by atoms with E-state index in [1.165, 1.54) is 24.3 Å². The van der Waals surface area contributed by atoms with Crippen LogP contribution in [0.25, 0.3) is 11.4 Å². The van der Waals surface area contributed by atoms with Gasteiger partial charge in [0.2, 0.25) is 11.9 Å². The Morgan fingerprint density at radius 3 is 2.08 bits per heavy atom. The van der Waals surface area contributed by atoms with Crippen molar-refractivity contribution in [3.05, 3.63) is 54.3 Å². The molecular weight excluding hydrogens is 499 g/mol. The highest BCUT2D eigenvalue weighted by atomic mass is 19.1. The molecule has 3 aromatic rings. The number of carbonyl (C=O) groups excluding carboxylic acids is 1. The molecule has 2 aromatic carbocycles. The minimum absolute atomic E-state index is 0.357. The van der Waals surface area contributed by atoms with Gasteiger partial charge in [0.25, 0.3) is 0 Å². The monoisotopic (exact) mass is 534 g/mol. The Hall–Kier alpha value is -3.83. The summed E-state index contributed by atoms with van der Waals surface area (Å²) in [6, 6.07) is 12.6. The van der Waals surface area contributed by atoms with Gasteiger partial charge in [-0.25, -0.2) is 9.18 Å². The third-order valence-electron chi connectivity index (χ3n) is 6.82. The number of ether oxygens (including phenoxy) is 1. The topological polar surface area (TPSA) is 98.8 Å². The van der Waals surface area contributed by atoms with Crippen molar-refractivity contribution < 1.29 is 13.9 Å². The summed E-state index contributed by atoms with van der Waals surface area (Å²) >= 11 is 0. The summed E-state index contributed by atoms with van der Waals surface area (Å²) < 4.78 is 18.7. The number of morpholine rings is 1. The Labute approximate surface area is 228 Å². The van der Waals surface area contributed by atoms with Gasteiger partial charge in [0.15, 0.2) is 5.82 Å². The van der Waals surface area contributed by atoms with Crippen LogP contribution in [0.4, 0.5) is 32.5 Å². The lowest BCUT2D eigenvalue weighted by atomic mass is 10.2. The van der Waals surface area contributed by atoms with Crippen LogP contribution in [0.1, 0.15) is 19.8 Å². The van der Waals surface area contributed by atoms with Gasteiger partial charge in [-0.2, -0.15) is 15.0 Å². The van der Waals surface area contributed by atoms with Gasteiger partial charge in [0, 0.05) is 49.7 Å². The molecule has 3 heterocycles. The van der Waals surface area contributed by atoms with Crippen molar-refractivity contribution in [3.63, 3.8) is 0 Å². The Kier molecular flexibility index (Phi) is 8.79. The molecule has 2 saturated heterocycles. The number of hydrogen-bond acceptors (Lipinski definition) is 8. The van der Waals surface area contributed by atoms with Crippen molar-refractivity contribution in [2.45, 2.75) is 19.8 Å². The van der Waals surface area contributed by atoms with Gasteiger partial charge in [0.1, 0.15) is 5.82 Å². The molecule has 0 unspecified atom stereocenters. The normalized spacial score (nSPS) is 16.6. The van der Waals surface area contributed by atoms with E-state index in [1.54, 1.807) is 0 Å². The summed E-state index contributed by atoms with van der Waals surface area (Å²) in [4.78, 5) is 33.9. The fourth-order valence-corrected chi connectivity index (χ4v) is 4.77. The van der Waals surface area contributed by atoms with Gasteiger partial charge in [-0.1, -0.05) is 6.92 Å². The minimum atomic E-state index is -0.412. The van der Waals surface area contributed by atoms with E-state index in [4.69, 9.17) is 19.7 Å². The molecule has 5 rings (SSSR count). The first-order valence-corrected chi connectivity index (χ1v) is 13.6. The maximum absolute atomic E-state index is 13.1. The Bertz CT molecular complexity index is 1240. The molecule has 11 heteroatoms. The van der Waals surface area contributed by atoms with E-state index in [-0.39, 0.29) is 5.82 Å². The summed E-state index contributed by atoms with van der Waals surface area (Å²) in [5.41, 5.74) is 1.95. The standard InChI is InChI=1S/C28H35FN8O2/c1-2-12-35-13-3-14-36(16-15-35)26-32-25(33-27(34-26)37-17-19-39-20-18-37)21-4-8-23(9-5-21)30-28(38)31-24-10-6-22(29)7-11-24/h4-11H,2-3,12-20H2,1H3,(H2,30,31,38). The van der Waals surface area contributed by atoms with Crippen LogP contribution >= 0.6 is 0 Å². The van der Waals surface area contributed by atoms with Crippen LogP contribution < -0.4 is 20.4 Å². The highest BCUT2D eigenvalue weighted by molar-refractivity contribution is 5.99. The fraction of sp³-hybridized carbons (Fsp3) is 0.429. The first-order chi connectivity index (χ1) is 19.1. The molecule has 2 aliphatic heterocycles. The van der Waals surface area contributed by atoms with Gasteiger partial charge in [0.05, 0.1) is 13.2 Å². The molecule has 2 N–H and O–H groups in total. The Balaban J connectivity index is 1.34. The first kappa shape index (κ1) is 26.8. The lowest BCUT2D eigenvalue weighted by Crippen LogP contribution is -2.38. The predicted molar refractivity (Wildman–Crippen MR) is 151 cm³/mol. The van der Waals surface area contributed by atoms with Crippen LogP contribution in [-0.4, -0.2) is 84.9 Å². The smallest absolute Gasteiger partial charge is 0.323 e. The number of anilines is 4. The first-order valence-electron chi connectivity index (χ1n) is 13.6. The maximum atomic E-state index is 13.1. The quantitative estimate of drug-likeness (QED) is 0.468. The van der Waals surface area contributed by atoms with Gasteiger partial charge in [-0.15, -0.1) is 0 Å². The van der Waals surface area contributed by atoms with E-state index in [9.17, 15) is 9.18 Å². The average Bonchev–Trinajstić information content (AvgIpc) is 3.21. The minimum Gasteiger partial charge on any atom is -0.378 e. The molecule has 2 amide bonds. The van der Waals surface area contributed by atoms with Gasteiger partial charge >= 0.3 is 6.03 Å². The van der Waals surface area contributed by atoms with E-state index < -0.39 is 6.03 Å². The van der Waals surface area contributed by atoms with Crippen LogP contribution in [0.5, 0.6) is 0 Å². The number of nitrogens with one attached hydrogen (secondary N) is 2. The average molecular weight is 535 g/mol. The molecule has 1 aromatic heterocycles. The number of urea groups is 1. The van der Waals surface area contributed by atoms with Crippen molar-refractivity contribution >= 4 is 29.3 Å². The second-order valence-corrected chi connectivity index (χ2v) is 9.70. The molecule has 39 heavy (non-hydrogen) atoms. The number of halogens is 1. The lowest BCUT2D eigenvalue weighted by Gasteiger charge is -2.28. The van der Waals surface area contributed by atoms with Crippen molar-refractivity contribution in [2.24, 2.45) is 0 Å². The number of rotatable bonds is 7. The summed E-state index contributed by atoms with van der Waals surface area (Å²) in [5, 5.41) is 5.49. The number of aromatic nitrogens is 3. The summed E-state index contributed by atoms with van der Waals surface area (Å²) in [6.07, 6.45) is 2.21. The molecule has 0 radical (unpaired) electrons. The van der Waals surface area contributed by atoms with Crippen LogP contribution in [0.3, 0.4) is 0 Å². The largest absolute Gasteiger partial charge is 0.378 e. The zero-order valence-electron chi connectivity index (χ0n) is 22.3. The fourth-order valence-electron chi connectivity index (χ4n) is 4.77. The zero-order chi connectivity index (χ0) is 27.0. The van der Waals surface area contributed by atoms with E-state index in [0.717, 1.165) is 64.2 Å². The molecule has 2 aliphatic rings. The second-order valence-electron chi connectivity index (χ2n) is 9.70. The van der Waals surface area contributed by atoms with E-state index in [1.807, 2.05) is 24.3 Å². The maximum Gasteiger partial charge on any atom is 0.323 e.